The average molecular weight is 296 g/mol. The van der Waals surface area contributed by atoms with E-state index in [1.807, 2.05) is 23.1 Å². The Labute approximate surface area is 128 Å². The minimum absolute atomic E-state index is 0.0155. The lowest BCUT2D eigenvalue weighted by molar-refractivity contribution is -0.122. The number of furan rings is 1. The summed E-state index contributed by atoms with van der Waals surface area (Å²) in [5, 5.41) is 11.7. The number of anilines is 1. The predicted molar refractivity (Wildman–Crippen MR) is 79.9 cm³/mol. The maximum Gasteiger partial charge on any atom is 0.243 e. The molecule has 1 fully saturated rings. The summed E-state index contributed by atoms with van der Waals surface area (Å²) in [6.07, 6.45) is 5.01. The Balaban J connectivity index is 1.66. The largest absolute Gasteiger partial charge is 0.467 e. The van der Waals surface area contributed by atoms with Crippen molar-refractivity contribution < 1.29 is 9.21 Å². The molecule has 2 aromatic rings. The Hall–Kier alpha value is -2.81. The number of rotatable bonds is 4. The fourth-order valence-electron chi connectivity index (χ4n) is 2.68. The standard InChI is InChI=1S/C16H16N4O2/c17-9-12-5-6-13(10-18-12)20-7-1-4-15(20)16(21)19-11-14-3-2-8-22-14/h2-3,5-6,8,10,15H,1,4,7,11H2,(H,19,21). The minimum atomic E-state index is -0.204. The van der Waals surface area contributed by atoms with Gasteiger partial charge < -0.3 is 14.6 Å². The molecule has 0 bridgehead atoms. The van der Waals surface area contributed by atoms with E-state index in [4.69, 9.17) is 9.68 Å². The number of nitriles is 1. The quantitative estimate of drug-likeness (QED) is 0.930. The molecule has 0 aliphatic carbocycles. The molecule has 1 atom stereocenters. The fourth-order valence-corrected chi connectivity index (χ4v) is 2.68. The molecule has 1 aliphatic heterocycles. The van der Waals surface area contributed by atoms with Crippen LogP contribution in [0.3, 0.4) is 0 Å². The maximum absolute atomic E-state index is 12.4. The van der Waals surface area contributed by atoms with E-state index >= 15 is 0 Å². The molecule has 0 aromatic carbocycles. The van der Waals surface area contributed by atoms with Gasteiger partial charge in [-0.15, -0.1) is 0 Å². The van der Waals surface area contributed by atoms with Crippen molar-refractivity contribution >= 4 is 11.6 Å². The number of hydrogen-bond acceptors (Lipinski definition) is 5. The van der Waals surface area contributed by atoms with E-state index in [0.29, 0.717) is 12.2 Å². The summed E-state index contributed by atoms with van der Waals surface area (Å²) >= 11 is 0. The van der Waals surface area contributed by atoms with Gasteiger partial charge in [-0.25, -0.2) is 4.98 Å². The summed E-state index contributed by atoms with van der Waals surface area (Å²) in [7, 11) is 0. The number of nitrogens with one attached hydrogen (secondary N) is 1. The first kappa shape index (κ1) is 14.1. The monoisotopic (exact) mass is 296 g/mol. The first-order valence-corrected chi connectivity index (χ1v) is 7.21. The molecule has 3 rings (SSSR count). The molecule has 6 heteroatoms. The van der Waals surface area contributed by atoms with E-state index in [1.165, 1.54) is 0 Å². The molecule has 1 amide bonds. The van der Waals surface area contributed by atoms with Crippen LogP contribution in [0.2, 0.25) is 0 Å². The van der Waals surface area contributed by atoms with Crippen molar-refractivity contribution in [3.63, 3.8) is 0 Å². The highest BCUT2D eigenvalue weighted by molar-refractivity contribution is 5.85. The highest BCUT2D eigenvalue weighted by Gasteiger charge is 2.30. The molecule has 3 heterocycles. The third kappa shape index (κ3) is 2.93. The van der Waals surface area contributed by atoms with E-state index in [0.717, 1.165) is 30.8 Å². The second kappa shape index (κ2) is 6.31. The molecule has 22 heavy (non-hydrogen) atoms. The van der Waals surface area contributed by atoms with Crippen LogP contribution in [0.15, 0.2) is 41.1 Å². The van der Waals surface area contributed by atoms with Crippen LogP contribution in [0.5, 0.6) is 0 Å². The summed E-state index contributed by atoms with van der Waals surface area (Å²) in [5.74, 6) is 0.719. The van der Waals surface area contributed by atoms with Gasteiger partial charge in [-0.3, -0.25) is 4.79 Å². The molecule has 0 radical (unpaired) electrons. The molecular formula is C16H16N4O2. The molecule has 112 valence electrons. The SMILES string of the molecule is N#Cc1ccc(N2CCCC2C(=O)NCc2ccco2)cn1. The van der Waals surface area contributed by atoms with Crippen LogP contribution in [-0.4, -0.2) is 23.5 Å². The highest BCUT2D eigenvalue weighted by Crippen LogP contribution is 2.25. The smallest absolute Gasteiger partial charge is 0.243 e. The van der Waals surface area contributed by atoms with Crippen molar-refractivity contribution in [1.29, 1.82) is 5.26 Å². The zero-order chi connectivity index (χ0) is 15.4. The minimum Gasteiger partial charge on any atom is -0.467 e. The number of nitrogens with zero attached hydrogens (tertiary/aromatic N) is 3. The third-order valence-corrected chi connectivity index (χ3v) is 3.77. The lowest BCUT2D eigenvalue weighted by Crippen LogP contribution is -2.43. The Morgan fingerprint density at radius 3 is 3.09 bits per heavy atom. The van der Waals surface area contributed by atoms with Crippen molar-refractivity contribution in [3.05, 3.63) is 48.2 Å². The van der Waals surface area contributed by atoms with Gasteiger partial charge in [0.05, 0.1) is 24.7 Å². The number of aromatic nitrogens is 1. The third-order valence-electron chi connectivity index (χ3n) is 3.77. The molecular weight excluding hydrogens is 280 g/mol. The van der Waals surface area contributed by atoms with Crippen LogP contribution >= 0.6 is 0 Å². The van der Waals surface area contributed by atoms with Crippen LogP contribution in [0.1, 0.15) is 24.3 Å². The van der Waals surface area contributed by atoms with Crippen LogP contribution < -0.4 is 10.2 Å². The van der Waals surface area contributed by atoms with Gasteiger partial charge >= 0.3 is 0 Å². The van der Waals surface area contributed by atoms with Gasteiger partial charge in [0.1, 0.15) is 23.6 Å². The first-order chi connectivity index (χ1) is 10.8. The summed E-state index contributed by atoms with van der Waals surface area (Å²) in [6, 6.07) is 8.93. The summed E-state index contributed by atoms with van der Waals surface area (Å²) in [4.78, 5) is 18.5. The zero-order valence-electron chi connectivity index (χ0n) is 12.0. The molecule has 0 saturated carbocycles. The van der Waals surface area contributed by atoms with Gasteiger partial charge in [0, 0.05) is 6.54 Å². The van der Waals surface area contributed by atoms with E-state index in [9.17, 15) is 4.79 Å². The number of pyridine rings is 1. The number of carbonyl (C=O) groups excluding carboxylic acids is 1. The summed E-state index contributed by atoms with van der Waals surface area (Å²) in [6.45, 7) is 1.20. The van der Waals surface area contributed by atoms with E-state index in [1.54, 1.807) is 24.6 Å². The van der Waals surface area contributed by atoms with Crippen molar-refractivity contribution in [2.75, 3.05) is 11.4 Å². The second-order valence-electron chi connectivity index (χ2n) is 5.16. The van der Waals surface area contributed by atoms with Crippen molar-refractivity contribution in [3.8, 4) is 6.07 Å². The molecule has 6 nitrogen and oxygen atoms in total. The molecule has 1 unspecified atom stereocenters. The topological polar surface area (TPSA) is 82.2 Å². The molecule has 1 N–H and O–H groups in total. The molecule has 1 aliphatic rings. The Morgan fingerprint density at radius 2 is 2.41 bits per heavy atom. The molecule has 1 saturated heterocycles. The van der Waals surface area contributed by atoms with Gasteiger partial charge in [0.15, 0.2) is 0 Å². The lowest BCUT2D eigenvalue weighted by Gasteiger charge is -2.25. The predicted octanol–water partition coefficient (Wildman–Crippen LogP) is 1.83. The van der Waals surface area contributed by atoms with Crippen molar-refractivity contribution in [2.24, 2.45) is 0 Å². The van der Waals surface area contributed by atoms with Crippen molar-refractivity contribution in [2.45, 2.75) is 25.4 Å². The van der Waals surface area contributed by atoms with E-state index < -0.39 is 0 Å². The molecule has 2 aromatic heterocycles. The number of amides is 1. The van der Waals surface area contributed by atoms with Crippen molar-refractivity contribution in [1.82, 2.24) is 10.3 Å². The van der Waals surface area contributed by atoms with Crippen LogP contribution in [0.4, 0.5) is 5.69 Å². The zero-order valence-corrected chi connectivity index (χ0v) is 12.0. The molecule has 0 spiro atoms. The van der Waals surface area contributed by atoms with Gasteiger partial charge in [0.25, 0.3) is 0 Å². The lowest BCUT2D eigenvalue weighted by atomic mass is 10.2. The average Bonchev–Trinajstić information content (AvgIpc) is 3.24. The second-order valence-corrected chi connectivity index (χ2v) is 5.16. The summed E-state index contributed by atoms with van der Waals surface area (Å²) < 4.78 is 5.21. The van der Waals surface area contributed by atoms with Crippen LogP contribution in [-0.2, 0) is 11.3 Å². The van der Waals surface area contributed by atoms with Gasteiger partial charge in [-0.2, -0.15) is 5.26 Å². The van der Waals surface area contributed by atoms with Gasteiger partial charge in [-0.05, 0) is 37.1 Å². The van der Waals surface area contributed by atoms with Crippen LogP contribution in [0, 0.1) is 11.3 Å². The Morgan fingerprint density at radius 1 is 1.50 bits per heavy atom. The summed E-state index contributed by atoms with van der Waals surface area (Å²) in [5.41, 5.74) is 1.25. The number of hydrogen-bond donors (Lipinski definition) is 1. The maximum atomic E-state index is 12.4. The van der Waals surface area contributed by atoms with Gasteiger partial charge in [0.2, 0.25) is 5.91 Å². The Bertz CT molecular complexity index is 673. The van der Waals surface area contributed by atoms with E-state index in [2.05, 4.69) is 10.3 Å². The highest BCUT2D eigenvalue weighted by atomic mass is 16.3. The van der Waals surface area contributed by atoms with Crippen LogP contribution in [0.25, 0.3) is 0 Å². The fraction of sp³-hybridized carbons (Fsp3) is 0.312. The van der Waals surface area contributed by atoms with Gasteiger partial charge in [-0.1, -0.05) is 0 Å². The first-order valence-electron chi connectivity index (χ1n) is 7.21. The normalized spacial score (nSPS) is 17.2. The Kier molecular flexibility index (Phi) is 4.05. The van der Waals surface area contributed by atoms with E-state index in [-0.39, 0.29) is 11.9 Å². The number of carbonyl (C=O) groups is 1.